The van der Waals surface area contributed by atoms with Crippen LogP contribution in [0.2, 0.25) is 0 Å². The number of carbonyl (C=O) groups excluding carboxylic acids is 2. The maximum Gasteiger partial charge on any atom is 0.343 e. The highest BCUT2D eigenvalue weighted by Crippen LogP contribution is 2.18. The van der Waals surface area contributed by atoms with Gasteiger partial charge in [-0.15, -0.1) is 0 Å². The summed E-state index contributed by atoms with van der Waals surface area (Å²) in [4.78, 5) is 24.2. The maximum atomic E-state index is 12.2. The van der Waals surface area contributed by atoms with Crippen LogP contribution < -0.4 is 4.74 Å². The van der Waals surface area contributed by atoms with Crippen molar-refractivity contribution >= 4 is 11.9 Å². The Bertz CT molecular complexity index is 717. The van der Waals surface area contributed by atoms with Gasteiger partial charge in [0.05, 0.1) is 17.7 Å². The summed E-state index contributed by atoms with van der Waals surface area (Å²) in [6, 6.07) is 13.6. The van der Waals surface area contributed by atoms with Crippen molar-refractivity contribution in [3.8, 4) is 5.75 Å². The lowest BCUT2D eigenvalue weighted by Crippen LogP contribution is -2.11. The zero-order chi connectivity index (χ0) is 18.2. The molecule has 4 heteroatoms. The Morgan fingerprint density at radius 3 is 2.12 bits per heavy atom. The molecule has 0 aliphatic heterocycles. The van der Waals surface area contributed by atoms with E-state index < -0.39 is 5.97 Å². The van der Waals surface area contributed by atoms with Crippen molar-refractivity contribution in [2.24, 2.45) is 5.92 Å². The van der Waals surface area contributed by atoms with Crippen molar-refractivity contribution in [1.29, 1.82) is 0 Å². The molecule has 132 valence electrons. The largest absolute Gasteiger partial charge is 0.462 e. The van der Waals surface area contributed by atoms with E-state index >= 15 is 0 Å². The van der Waals surface area contributed by atoms with Crippen LogP contribution >= 0.6 is 0 Å². The van der Waals surface area contributed by atoms with E-state index in [1.165, 1.54) is 0 Å². The van der Waals surface area contributed by atoms with E-state index in [1.807, 2.05) is 25.1 Å². The van der Waals surface area contributed by atoms with Crippen LogP contribution in [0.15, 0.2) is 48.5 Å². The predicted octanol–water partition coefficient (Wildman–Crippen LogP) is 4.81. The fraction of sp³-hybridized carbons (Fsp3) is 0.333. The van der Waals surface area contributed by atoms with Gasteiger partial charge in [0.2, 0.25) is 0 Å². The summed E-state index contributed by atoms with van der Waals surface area (Å²) in [6.07, 6.45) is 1.88. The Kier molecular flexibility index (Phi) is 6.75. The molecule has 0 amide bonds. The first-order valence-electron chi connectivity index (χ1n) is 8.52. The van der Waals surface area contributed by atoms with Crippen molar-refractivity contribution in [3.63, 3.8) is 0 Å². The van der Waals surface area contributed by atoms with E-state index in [4.69, 9.17) is 9.47 Å². The van der Waals surface area contributed by atoms with Gasteiger partial charge in [-0.05, 0) is 61.6 Å². The van der Waals surface area contributed by atoms with Gasteiger partial charge in [-0.25, -0.2) is 9.59 Å². The number of esters is 2. The highest BCUT2D eigenvalue weighted by Gasteiger charge is 2.12. The van der Waals surface area contributed by atoms with E-state index in [1.54, 1.807) is 30.3 Å². The molecular weight excluding hydrogens is 316 g/mol. The number of hydrogen-bond donors (Lipinski definition) is 0. The molecule has 0 spiro atoms. The third kappa shape index (κ3) is 5.75. The second-order valence-electron chi connectivity index (χ2n) is 6.40. The van der Waals surface area contributed by atoms with Crippen LogP contribution in [-0.4, -0.2) is 18.5 Å². The van der Waals surface area contributed by atoms with Gasteiger partial charge in [-0.3, -0.25) is 0 Å². The molecule has 0 N–H and O–H groups in total. The Balaban J connectivity index is 1.91. The quantitative estimate of drug-likeness (QED) is 0.412. The summed E-state index contributed by atoms with van der Waals surface area (Å²) in [5.74, 6) is 0.298. The van der Waals surface area contributed by atoms with Gasteiger partial charge in [0.25, 0.3) is 0 Å². The molecule has 0 saturated carbocycles. The number of benzene rings is 2. The van der Waals surface area contributed by atoms with Gasteiger partial charge < -0.3 is 9.47 Å². The molecule has 0 aromatic heterocycles. The lowest BCUT2D eigenvalue weighted by atomic mass is 10.1. The average molecular weight is 340 g/mol. The van der Waals surface area contributed by atoms with Crippen LogP contribution in [0.4, 0.5) is 0 Å². The molecule has 0 aliphatic rings. The molecule has 4 nitrogen and oxygen atoms in total. The van der Waals surface area contributed by atoms with Gasteiger partial charge in [0.1, 0.15) is 5.75 Å². The molecule has 25 heavy (non-hydrogen) atoms. The molecule has 0 saturated heterocycles. The van der Waals surface area contributed by atoms with E-state index in [2.05, 4.69) is 13.8 Å². The van der Waals surface area contributed by atoms with Crippen LogP contribution in [0.25, 0.3) is 0 Å². The molecule has 0 bridgehead atoms. The maximum absolute atomic E-state index is 12.2. The Morgan fingerprint density at radius 1 is 0.920 bits per heavy atom. The Hall–Kier alpha value is -2.62. The molecule has 0 atom stereocenters. The lowest BCUT2D eigenvalue weighted by molar-refractivity contribution is 0.0494. The monoisotopic (exact) mass is 340 g/mol. The zero-order valence-corrected chi connectivity index (χ0v) is 15.0. The van der Waals surface area contributed by atoms with Gasteiger partial charge in [-0.1, -0.05) is 32.0 Å². The molecule has 2 aromatic rings. The number of para-hydroxylation sites is 1. The Morgan fingerprint density at radius 2 is 1.52 bits per heavy atom. The SMILES string of the molecule is Cc1ccccc1OC(=O)c1ccc(C(=O)OCCCC(C)C)cc1. The number of aryl methyl sites for hydroxylation is 1. The fourth-order valence-corrected chi connectivity index (χ4v) is 2.31. The summed E-state index contributed by atoms with van der Waals surface area (Å²) in [7, 11) is 0. The standard InChI is InChI=1S/C21H24O4/c1-15(2)7-6-14-24-20(22)17-10-12-18(13-11-17)21(23)25-19-9-5-4-8-16(19)3/h4-5,8-13,15H,6-7,14H2,1-3H3. The number of rotatable bonds is 7. The minimum Gasteiger partial charge on any atom is -0.462 e. The van der Waals surface area contributed by atoms with Crippen LogP contribution in [0.1, 0.15) is 53.0 Å². The number of hydrogen-bond acceptors (Lipinski definition) is 4. The Labute approximate surface area is 148 Å². The first-order valence-corrected chi connectivity index (χ1v) is 8.52. The molecule has 2 rings (SSSR count). The van der Waals surface area contributed by atoms with Crippen molar-refractivity contribution in [1.82, 2.24) is 0 Å². The number of carbonyl (C=O) groups is 2. The average Bonchev–Trinajstić information content (AvgIpc) is 2.60. The van der Waals surface area contributed by atoms with Crippen molar-refractivity contribution in [2.75, 3.05) is 6.61 Å². The third-order valence-electron chi connectivity index (χ3n) is 3.81. The highest BCUT2D eigenvalue weighted by atomic mass is 16.5. The second kappa shape index (κ2) is 9.02. The normalized spacial score (nSPS) is 10.6. The van der Waals surface area contributed by atoms with Crippen LogP contribution in [0, 0.1) is 12.8 Å². The van der Waals surface area contributed by atoms with Crippen LogP contribution in [0.5, 0.6) is 5.75 Å². The van der Waals surface area contributed by atoms with Crippen LogP contribution in [-0.2, 0) is 4.74 Å². The summed E-state index contributed by atoms with van der Waals surface area (Å²) in [6.45, 7) is 6.56. The van der Waals surface area contributed by atoms with E-state index in [-0.39, 0.29) is 5.97 Å². The molecular formula is C21H24O4. The summed E-state index contributed by atoms with van der Waals surface area (Å²) >= 11 is 0. The smallest absolute Gasteiger partial charge is 0.343 e. The van der Waals surface area contributed by atoms with Gasteiger partial charge in [-0.2, -0.15) is 0 Å². The fourth-order valence-electron chi connectivity index (χ4n) is 2.31. The topological polar surface area (TPSA) is 52.6 Å². The van der Waals surface area contributed by atoms with Gasteiger partial charge in [0, 0.05) is 0 Å². The summed E-state index contributed by atoms with van der Waals surface area (Å²) in [5.41, 5.74) is 1.70. The highest BCUT2D eigenvalue weighted by molar-refractivity contribution is 5.94. The van der Waals surface area contributed by atoms with Gasteiger partial charge in [0.15, 0.2) is 0 Å². The molecule has 0 fully saturated rings. The van der Waals surface area contributed by atoms with Crippen LogP contribution in [0.3, 0.4) is 0 Å². The molecule has 0 unspecified atom stereocenters. The predicted molar refractivity (Wildman–Crippen MR) is 96.9 cm³/mol. The molecule has 0 heterocycles. The molecule has 0 aliphatic carbocycles. The third-order valence-corrected chi connectivity index (χ3v) is 3.81. The first kappa shape index (κ1) is 18.7. The first-order chi connectivity index (χ1) is 12.0. The molecule has 0 radical (unpaired) electrons. The van der Waals surface area contributed by atoms with Crippen molar-refractivity contribution < 1.29 is 19.1 Å². The number of ether oxygens (including phenoxy) is 2. The second-order valence-corrected chi connectivity index (χ2v) is 6.40. The lowest BCUT2D eigenvalue weighted by Gasteiger charge is -2.08. The van der Waals surface area contributed by atoms with Crippen molar-refractivity contribution in [2.45, 2.75) is 33.6 Å². The minimum atomic E-state index is -0.453. The molecule has 2 aromatic carbocycles. The van der Waals surface area contributed by atoms with E-state index in [0.717, 1.165) is 18.4 Å². The summed E-state index contributed by atoms with van der Waals surface area (Å²) < 4.78 is 10.6. The van der Waals surface area contributed by atoms with E-state index in [9.17, 15) is 9.59 Å². The van der Waals surface area contributed by atoms with Gasteiger partial charge >= 0.3 is 11.9 Å². The zero-order valence-electron chi connectivity index (χ0n) is 15.0. The van der Waals surface area contributed by atoms with Crippen molar-refractivity contribution in [3.05, 3.63) is 65.2 Å². The minimum absolute atomic E-state index is 0.373. The summed E-state index contributed by atoms with van der Waals surface area (Å²) in [5, 5.41) is 0. The van der Waals surface area contributed by atoms with E-state index in [0.29, 0.717) is 29.4 Å².